The molecule has 28 heavy (non-hydrogen) atoms. The molecule has 0 unspecified atom stereocenters. The summed E-state index contributed by atoms with van der Waals surface area (Å²) in [6.45, 7) is 4.71. The molecule has 148 valence electrons. The highest BCUT2D eigenvalue weighted by Crippen LogP contribution is 2.28. The first-order chi connectivity index (χ1) is 13.4. The van der Waals surface area contributed by atoms with Crippen LogP contribution < -0.4 is 5.32 Å². The van der Waals surface area contributed by atoms with E-state index >= 15 is 0 Å². The minimum Gasteiger partial charge on any atom is -0.355 e. The van der Waals surface area contributed by atoms with Crippen molar-refractivity contribution in [1.29, 1.82) is 0 Å². The van der Waals surface area contributed by atoms with Gasteiger partial charge in [0, 0.05) is 23.6 Å². The van der Waals surface area contributed by atoms with E-state index in [0.717, 1.165) is 29.5 Å². The molecule has 0 aliphatic carbocycles. The van der Waals surface area contributed by atoms with Crippen molar-refractivity contribution in [1.82, 2.24) is 9.88 Å². The van der Waals surface area contributed by atoms with Crippen molar-refractivity contribution in [2.24, 2.45) is 0 Å². The molecule has 1 aromatic heterocycles. The Labute approximate surface area is 166 Å². The minimum absolute atomic E-state index is 0.0591. The predicted molar refractivity (Wildman–Crippen MR) is 112 cm³/mol. The average Bonchev–Trinajstić information content (AvgIpc) is 3.03. The fraction of sp³-hybridized carbons (Fsp3) is 0.318. The first kappa shape index (κ1) is 20.1. The van der Waals surface area contributed by atoms with Gasteiger partial charge in [-0.2, -0.15) is 0 Å². The first-order valence-corrected chi connectivity index (χ1v) is 11.2. The van der Waals surface area contributed by atoms with Gasteiger partial charge in [-0.3, -0.25) is 4.79 Å². The zero-order valence-corrected chi connectivity index (χ0v) is 17.1. The molecule has 2 aromatic carbocycles. The molecule has 3 aromatic rings. The highest BCUT2D eigenvalue weighted by molar-refractivity contribution is 7.90. The molecule has 0 fully saturated rings. The molecular weight excluding hydrogens is 372 g/mol. The van der Waals surface area contributed by atoms with Crippen LogP contribution in [-0.4, -0.2) is 25.4 Å². The van der Waals surface area contributed by atoms with Crippen molar-refractivity contribution < 1.29 is 13.2 Å². The van der Waals surface area contributed by atoms with E-state index in [1.807, 2.05) is 49.4 Å². The van der Waals surface area contributed by atoms with Crippen LogP contribution >= 0.6 is 0 Å². The lowest BCUT2D eigenvalue weighted by atomic mass is 10.1. The second-order valence-corrected chi connectivity index (χ2v) is 8.99. The maximum absolute atomic E-state index is 13.2. The molecule has 3 rings (SSSR count). The van der Waals surface area contributed by atoms with Gasteiger partial charge in [-0.1, -0.05) is 55.8 Å². The van der Waals surface area contributed by atoms with Gasteiger partial charge in [-0.25, -0.2) is 8.42 Å². The number of aromatic nitrogens is 1. The summed E-state index contributed by atoms with van der Waals surface area (Å²) >= 11 is 0. The fourth-order valence-corrected chi connectivity index (χ4v) is 4.95. The van der Waals surface area contributed by atoms with E-state index in [0.29, 0.717) is 11.9 Å². The standard InChI is InChI=1S/C22H26N2O3S/c1-3-4-13-23-22(25)15-24-14-21(19-11-7-8-12-20(19)24)28(26,27)16-18-10-6-5-9-17(18)2/h5-12,14H,3-4,13,15-16H2,1-2H3,(H,23,25). The van der Waals surface area contributed by atoms with E-state index < -0.39 is 9.84 Å². The Morgan fingerprint density at radius 1 is 1.07 bits per heavy atom. The van der Waals surface area contributed by atoms with Gasteiger partial charge in [-0.05, 0) is 30.5 Å². The van der Waals surface area contributed by atoms with Gasteiger partial charge in [-0.15, -0.1) is 0 Å². The Bertz CT molecular complexity index is 1080. The highest BCUT2D eigenvalue weighted by atomic mass is 32.2. The number of para-hydroxylation sites is 1. The highest BCUT2D eigenvalue weighted by Gasteiger charge is 2.22. The molecule has 0 bridgehead atoms. The lowest BCUT2D eigenvalue weighted by Gasteiger charge is -2.07. The molecule has 0 atom stereocenters. The van der Waals surface area contributed by atoms with Crippen molar-refractivity contribution in [3.05, 3.63) is 65.9 Å². The summed E-state index contributed by atoms with van der Waals surface area (Å²) < 4.78 is 28.1. The Morgan fingerprint density at radius 2 is 1.79 bits per heavy atom. The summed E-state index contributed by atoms with van der Waals surface area (Å²) in [5.74, 6) is -0.173. The van der Waals surface area contributed by atoms with Crippen LogP contribution in [0.4, 0.5) is 0 Å². The summed E-state index contributed by atoms with van der Waals surface area (Å²) in [7, 11) is -3.55. The SMILES string of the molecule is CCCCNC(=O)Cn1cc(S(=O)(=O)Cc2ccccc2C)c2ccccc21. The average molecular weight is 399 g/mol. The lowest BCUT2D eigenvalue weighted by Crippen LogP contribution is -2.28. The Balaban J connectivity index is 1.93. The van der Waals surface area contributed by atoms with Crippen LogP contribution in [0.2, 0.25) is 0 Å². The third-order valence-electron chi connectivity index (χ3n) is 4.86. The van der Waals surface area contributed by atoms with Crippen LogP contribution in [0.15, 0.2) is 59.6 Å². The van der Waals surface area contributed by atoms with Gasteiger partial charge in [0.05, 0.1) is 10.6 Å². The van der Waals surface area contributed by atoms with Crippen molar-refractivity contribution in [3.63, 3.8) is 0 Å². The molecule has 0 saturated heterocycles. The van der Waals surface area contributed by atoms with Gasteiger partial charge in [0.15, 0.2) is 9.84 Å². The van der Waals surface area contributed by atoms with Crippen molar-refractivity contribution in [3.8, 4) is 0 Å². The second-order valence-electron chi connectivity index (χ2n) is 7.03. The number of unbranched alkanes of at least 4 members (excludes halogenated alkanes) is 1. The Kier molecular flexibility index (Phi) is 6.19. The number of hydrogen-bond donors (Lipinski definition) is 1. The molecule has 6 heteroatoms. The van der Waals surface area contributed by atoms with Crippen LogP contribution in [-0.2, 0) is 26.9 Å². The number of aryl methyl sites for hydroxylation is 1. The topological polar surface area (TPSA) is 68.2 Å². The van der Waals surface area contributed by atoms with Crippen molar-refractivity contribution in [2.75, 3.05) is 6.54 Å². The smallest absolute Gasteiger partial charge is 0.239 e. The quantitative estimate of drug-likeness (QED) is 0.586. The number of nitrogens with one attached hydrogen (secondary N) is 1. The molecule has 0 saturated carbocycles. The minimum atomic E-state index is -3.55. The Hall–Kier alpha value is -2.60. The predicted octanol–water partition coefficient (Wildman–Crippen LogP) is 3.84. The van der Waals surface area contributed by atoms with Crippen LogP contribution in [0.25, 0.3) is 10.9 Å². The molecule has 0 spiro atoms. The normalized spacial score (nSPS) is 11.6. The largest absolute Gasteiger partial charge is 0.355 e. The van der Waals surface area contributed by atoms with Gasteiger partial charge in [0.25, 0.3) is 0 Å². The number of rotatable bonds is 8. The molecule has 0 radical (unpaired) electrons. The van der Waals surface area contributed by atoms with E-state index in [1.54, 1.807) is 16.8 Å². The van der Waals surface area contributed by atoms with Crippen LogP contribution in [0, 0.1) is 6.92 Å². The molecule has 1 amide bonds. The first-order valence-electron chi connectivity index (χ1n) is 9.54. The van der Waals surface area contributed by atoms with Crippen molar-refractivity contribution >= 4 is 26.6 Å². The van der Waals surface area contributed by atoms with E-state index in [1.165, 1.54) is 0 Å². The van der Waals surface area contributed by atoms with E-state index in [2.05, 4.69) is 12.2 Å². The van der Waals surface area contributed by atoms with E-state index in [9.17, 15) is 13.2 Å². The fourth-order valence-electron chi connectivity index (χ4n) is 3.26. The molecule has 5 nitrogen and oxygen atoms in total. The maximum Gasteiger partial charge on any atom is 0.239 e. The monoisotopic (exact) mass is 398 g/mol. The number of carbonyl (C=O) groups is 1. The number of sulfone groups is 1. The number of benzene rings is 2. The summed E-state index contributed by atoms with van der Waals surface area (Å²) in [6, 6.07) is 14.8. The van der Waals surface area contributed by atoms with Gasteiger partial charge in [0.1, 0.15) is 6.54 Å². The molecule has 0 aliphatic heterocycles. The third kappa shape index (κ3) is 4.44. The lowest BCUT2D eigenvalue weighted by molar-refractivity contribution is -0.121. The number of amides is 1. The van der Waals surface area contributed by atoms with Gasteiger partial charge in [0.2, 0.25) is 5.91 Å². The molecular formula is C22H26N2O3S. The zero-order valence-electron chi connectivity index (χ0n) is 16.3. The maximum atomic E-state index is 13.2. The number of nitrogens with zero attached hydrogens (tertiary/aromatic N) is 1. The summed E-state index contributed by atoms with van der Waals surface area (Å²) in [5, 5.41) is 3.53. The summed E-state index contributed by atoms with van der Waals surface area (Å²) in [5.41, 5.74) is 2.48. The van der Waals surface area contributed by atoms with Crippen molar-refractivity contribution in [2.45, 2.75) is 43.9 Å². The third-order valence-corrected chi connectivity index (χ3v) is 6.55. The number of fused-ring (bicyclic) bond motifs is 1. The molecule has 1 N–H and O–H groups in total. The summed E-state index contributed by atoms with van der Waals surface area (Å²) in [4.78, 5) is 12.5. The summed E-state index contributed by atoms with van der Waals surface area (Å²) in [6.07, 6.45) is 3.53. The van der Waals surface area contributed by atoms with Gasteiger partial charge < -0.3 is 9.88 Å². The Morgan fingerprint density at radius 3 is 2.54 bits per heavy atom. The molecule has 0 aliphatic rings. The molecule has 1 heterocycles. The van der Waals surface area contributed by atoms with Crippen LogP contribution in [0.5, 0.6) is 0 Å². The van der Waals surface area contributed by atoms with E-state index in [4.69, 9.17) is 0 Å². The van der Waals surface area contributed by atoms with Crippen LogP contribution in [0.1, 0.15) is 30.9 Å². The second kappa shape index (κ2) is 8.61. The van der Waals surface area contributed by atoms with E-state index in [-0.39, 0.29) is 23.1 Å². The zero-order chi connectivity index (χ0) is 20.1. The van der Waals surface area contributed by atoms with Crippen LogP contribution in [0.3, 0.4) is 0 Å². The number of hydrogen-bond acceptors (Lipinski definition) is 3. The van der Waals surface area contributed by atoms with Gasteiger partial charge >= 0.3 is 0 Å². The number of carbonyl (C=O) groups excluding carboxylic acids is 1.